The first-order chi connectivity index (χ1) is 6.61. The van der Waals surface area contributed by atoms with Crippen molar-refractivity contribution in [2.75, 3.05) is 0 Å². The number of rotatable bonds is 0. The normalized spacial score (nSPS) is 10.8. The van der Waals surface area contributed by atoms with Crippen LogP contribution in [0.5, 0.6) is 0 Å². The van der Waals surface area contributed by atoms with Crippen LogP contribution in [0.15, 0.2) is 16.9 Å². The quantitative estimate of drug-likeness (QED) is 0.731. The van der Waals surface area contributed by atoms with Gasteiger partial charge in [0.2, 0.25) is 5.43 Å². The Morgan fingerprint density at radius 1 is 1.29 bits per heavy atom. The van der Waals surface area contributed by atoms with Gasteiger partial charge in [0.15, 0.2) is 5.15 Å². The maximum Gasteiger partial charge on any atom is 0.230 e. The largest absolute Gasteiger partial charge is 0.286 e. The van der Waals surface area contributed by atoms with E-state index in [1.54, 1.807) is 0 Å². The van der Waals surface area contributed by atoms with Crippen LogP contribution in [0.4, 0.5) is 8.78 Å². The van der Waals surface area contributed by atoms with Crippen LogP contribution in [0, 0.1) is 11.6 Å². The van der Waals surface area contributed by atoms with Crippen LogP contribution in [0.3, 0.4) is 0 Å². The van der Waals surface area contributed by atoms with Crippen LogP contribution >= 0.6 is 11.6 Å². The van der Waals surface area contributed by atoms with Gasteiger partial charge >= 0.3 is 0 Å². The lowest BCUT2D eigenvalue weighted by molar-refractivity contribution is 0.613. The number of aromatic amines is 1. The molecule has 2 rings (SSSR count). The number of nitrogens with one attached hydrogen (secondary N) is 1. The van der Waals surface area contributed by atoms with Gasteiger partial charge in [0.05, 0.1) is 5.39 Å². The second-order valence-corrected chi connectivity index (χ2v) is 2.98. The zero-order chi connectivity index (χ0) is 10.3. The second-order valence-electron chi connectivity index (χ2n) is 2.62. The molecule has 72 valence electrons. The van der Waals surface area contributed by atoms with E-state index < -0.39 is 27.6 Å². The average Bonchev–Trinajstić information content (AvgIpc) is 2.16. The monoisotopic (exact) mass is 216 g/mol. The number of fused-ring (bicyclic) bond motifs is 1. The zero-order valence-corrected chi connectivity index (χ0v) is 7.40. The Kier molecular flexibility index (Phi) is 1.96. The molecule has 0 aliphatic rings. The summed E-state index contributed by atoms with van der Waals surface area (Å²) in [5.41, 5.74) is -1.10. The summed E-state index contributed by atoms with van der Waals surface area (Å²) in [4.78, 5) is 11.3. The fraction of sp³-hybridized carbons (Fsp3) is 0. The molecule has 0 fully saturated rings. The molecule has 0 atom stereocenters. The molecular formula is C8H3ClF2N2O. The molecule has 0 bridgehead atoms. The van der Waals surface area contributed by atoms with Crippen LogP contribution in [0.2, 0.25) is 5.15 Å². The lowest BCUT2D eigenvalue weighted by atomic mass is 10.2. The third-order valence-electron chi connectivity index (χ3n) is 1.78. The van der Waals surface area contributed by atoms with Crippen molar-refractivity contribution in [3.05, 3.63) is 39.1 Å². The fourth-order valence-electron chi connectivity index (χ4n) is 1.14. The van der Waals surface area contributed by atoms with E-state index >= 15 is 0 Å². The summed E-state index contributed by atoms with van der Waals surface area (Å²) in [5.74, 6) is -1.57. The van der Waals surface area contributed by atoms with E-state index in [-0.39, 0.29) is 5.52 Å². The highest BCUT2D eigenvalue weighted by Crippen LogP contribution is 2.15. The maximum absolute atomic E-state index is 13.1. The van der Waals surface area contributed by atoms with E-state index in [9.17, 15) is 13.6 Å². The molecule has 3 nitrogen and oxygen atoms in total. The molecule has 0 aliphatic heterocycles. The maximum atomic E-state index is 13.1. The second kappa shape index (κ2) is 3.02. The van der Waals surface area contributed by atoms with Crippen LogP contribution in [-0.2, 0) is 0 Å². The lowest BCUT2D eigenvalue weighted by Crippen LogP contribution is -2.09. The SMILES string of the molecule is O=c1c(Cl)n[nH]c2c(F)ccc(F)c12. The Bertz CT molecular complexity index is 567. The Labute approximate surface area is 81.3 Å². The molecule has 14 heavy (non-hydrogen) atoms. The average molecular weight is 217 g/mol. The molecule has 0 unspecified atom stereocenters. The van der Waals surface area contributed by atoms with E-state index in [0.717, 1.165) is 12.1 Å². The van der Waals surface area contributed by atoms with E-state index in [4.69, 9.17) is 11.6 Å². The number of benzene rings is 1. The lowest BCUT2D eigenvalue weighted by Gasteiger charge is -1.99. The molecule has 0 radical (unpaired) electrons. The van der Waals surface area contributed by atoms with Crippen LogP contribution in [-0.4, -0.2) is 10.2 Å². The van der Waals surface area contributed by atoms with Gasteiger partial charge in [-0.15, -0.1) is 0 Å². The van der Waals surface area contributed by atoms with Gasteiger partial charge in [-0.2, -0.15) is 5.10 Å². The summed E-state index contributed by atoms with van der Waals surface area (Å²) in [6, 6.07) is 1.77. The molecule has 1 N–H and O–H groups in total. The predicted octanol–water partition coefficient (Wildman–Crippen LogP) is 1.85. The molecule has 1 aromatic heterocycles. The van der Waals surface area contributed by atoms with Gasteiger partial charge in [0, 0.05) is 0 Å². The third-order valence-corrected chi connectivity index (χ3v) is 2.04. The molecule has 0 spiro atoms. The van der Waals surface area contributed by atoms with E-state index in [2.05, 4.69) is 10.2 Å². The Hall–Kier alpha value is -1.49. The van der Waals surface area contributed by atoms with Crippen molar-refractivity contribution in [2.24, 2.45) is 0 Å². The molecule has 0 saturated carbocycles. The summed E-state index contributed by atoms with van der Waals surface area (Å²) in [5, 5.41) is 4.68. The van der Waals surface area contributed by atoms with E-state index in [0.29, 0.717) is 0 Å². The van der Waals surface area contributed by atoms with Crippen molar-refractivity contribution in [2.45, 2.75) is 0 Å². The summed E-state index contributed by atoms with van der Waals surface area (Å²) < 4.78 is 26.2. The van der Waals surface area contributed by atoms with Gasteiger partial charge in [0.25, 0.3) is 0 Å². The molecule has 0 amide bonds. The summed E-state index contributed by atoms with van der Waals surface area (Å²) in [7, 11) is 0. The molecule has 0 aliphatic carbocycles. The Balaban J connectivity index is 3.09. The zero-order valence-electron chi connectivity index (χ0n) is 6.64. The van der Waals surface area contributed by atoms with Crippen molar-refractivity contribution < 1.29 is 8.78 Å². The molecule has 1 aromatic carbocycles. The highest BCUT2D eigenvalue weighted by atomic mass is 35.5. The number of hydrogen-bond acceptors (Lipinski definition) is 2. The first-order valence-corrected chi connectivity index (χ1v) is 4.01. The molecular weight excluding hydrogens is 214 g/mol. The molecule has 1 heterocycles. The van der Waals surface area contributed by atoms with E-state index in [1.165, 1.54) is 0 Å². The smallest absolute Gasteiger partial charge is 0.230 e. The van der Waals surface area contributed by atoms with Gasteiger partial charge < -0.3 is 0 Å². The van der Waals surface area contributed by atoms with Gasteiger partial charge in [-0.3, -0.25) is 9.89 Å². The number of nitrogens with zero attached hydrogens (tertiary/aromatic N) is 1. The van der Waals surface area contributed by atoms with Crippen molar-refractivity contribution in [1.29, 1.82) is 0 Å². The number of halogens is 3. The topological polar surface area (TPSA) is 45.8 Å². The minimum Gasteiger partial charge on any atom is -0.286 e. The van der Waals surface area contributed by atoms with Gasteiger partial charge in [-0.1, -0.05) is 11.6 Å². The fourth-order valence-corrected chi connectivity index (χ4v) is 1.28. The summed E-state index contributed by atoms with van der Waals surface area (Å²) >= 11 is 5.37. The molecule has 2 aromatic rings. The third kappa shape index (κ3) is 1.17. The summed E-state index contributed by atoms with van der Waals surface area (Å²) in [6.45, 7) is 0. The highest BCUT2D eigenvalue weighted by molar-refractivity contribution is 6.29. The number of aromatic nitrogens is 2. The highest BCUT2D eigenvalue weighted by Gasteiger charge is 2.12. The van der Waals surface area contributed by atoms with Gasteiger partial charge in [-0.05, 0) is 12.1 Å². The Morgan fingerprint density at radius 2 is 1.93 bits per heavy atom. The van der Waals surface area contributed by atoms with Crippen molar-refractivity contribution >= 4 is 22.5 Å². The summed E-state index contributed by atoms with van der Waals surface area (Å²) in [6.07, 6.45) is 0. The minimum atomic E-state index is -0.827. The van der Waals surface area contributed by atoms with Crippen molar-refractivity contribution in [3.8, 4) is 0 Å². The van der Waals surface area contributed by atoms with Crippen molar-refractivity contribution in [1.82, 2.24) is 10.2 Å². The van der Waals surface area contributed by atoms with Gasteiger partial charge in [0.1, 0.15) is 17.2 Å². The number of H-pyrrole nitrogens is 1. The van der Waals surface area contributed by atoms with Crippen molar-refractivity contribution in [3.63, 3.8) is 0 Å². The molecule has 6 heteroatoms. The van der Waals surface area contributed by atoms with Crippen LogP contribution in [0.1, 0.15) is 0 Å². The minimum absolute atomic E-state index is 0.278. The predicted molar refractivity (Wildman–Crippen MR) is 47.3 cm³/mol. The number of hydrogen-bond donors (Lipinski definition) is 1. The van der Waals surface area contributed by atoms with Crippen LogP contribution < -0.4 is 5.43 Å². The van der Waals surface area contributed by atoms with E-state index in [1.807, 2.05) is 0 Å². The van der Waals surface area contributed by atoms with Gasteiger partial charge in [-0.25, -0.2) is 8.78 Å². The first-order valence-electron chi connectivity index (χ1n) is 3.63. The first kappa shape index (κ1) is 9.08. The standard InChI is InChI=1S/C8H3ClF2N2O/c9-8-7(14)5-3(10)1-2-4(11)6(5)12-13-8/h1-2H,(H,12,14). The van der Waals surface area contributed by atoms with Crippen LogP contribution in [0.25, 0.3) is 10.9 Å². The molecule has 0 saturated heterocycles. The Morgan fingerprint density at radius 3 is 2.64 bits per heavy atom.